The Morgan fingerprint density at radius 1 is 0.970 bits per heavy atom. The Bertz CT molecular complexity index is 749. The van der Waals surface area contributed by atoms with E-state index in [2.05, 4.69) is 60.3 Å². The standard InChI is InChI=1S/C27H46N2O4/c1-18(2)28(19(3)4)20(5)23(24(30)21-12-14-22(32-10)15-13-21)25(31)33-29-26(6,7)16-11-17-27(29,8)9/h12-15,18-20,23-24,30H,11,16-17H2,1-10H3/t20?,23-,24?/m0/s1. The van der Waals surface area contributed by atoms with Gasteiger partial charge in [0.25, 0.3) is 0 Å². The number of ether oxygens (including phenoxy) is 1. The number of aliphatic hydroxyl groups is 1. The van der Waals surface area contributed by atoms with E-state index in [4.69, 9.17) is 9.57 Å². The molecule has 3 atom stereocenters. The molecule has 0 radical (unpaired) electrons. The summed E-state index contributed by atoms with van der Waals surface area (Å²) < 4.78 is 5.26. The maximum absolute atomic E-state index is 13.8. The first kappa shape index (κ1) is 27.6. The summed E-state index contributed by atoms with van der Waals surface area (Å²) in [6.45, 7) is 19.0. The molecule has 0 bridgehead atoms. The second-order valence-electron chi connectivity index (χ2n) is 11.3. The first-order valence-corrected chi connectivity index (χ1v) is 12.3. The van der Waals surface area contributed by atoms with E-state index in [9.17, 15) is 9.90 Å². The van der Waals surface area contributed by atoms with Crippen LogP contribution in [-0.2, 0) is 9.63 Å². The predicted octanol–water partition coefficient (Wildman–Crippen LogP) is 5.35. The first-order valence-electron chi connectivity index (χ1n) is 12.3. The van der Waals surface area contributed by atoms with Gasteiger partial charge in [0.2, 0.25) is 0 Å². The average molecular weight is 463 g/mol. The Hall–Kier alpha value is -1.63. The molecule has 1 aromatic carbocycles. The van der Waals surface area contributed by atoms with Gasteiger partial charge in [-0.2, -0.15) is 0 Å². The summed E-state index contributed by atoms with van der Waals surface area (Å²) >= 11 is 0. The summed E-state index contributed by atoms with van der Waals surface area (Å²) in [4.78, 5) is 22.3. The molecule has 1 fully saturated rings. The average Bonchev–Trinajstić information content (AvgIpc) is 2.70. The Morgan fingerprint density at radius 2 is 1.45 bits per heavy atom. The van der Waals surface area contributed by atoms with Gasteiger partial charge in [-0.05, 0) is 99.3 Å². The van der Waals surface area contributed by atoms with E-state index < -0.39 is 12.0 Å². The van der Waals surface area contributed by atoms with E-state index >= 15 is 0 Å². The van der Waals surface area contributed by atoms with Gasteiger partial charge in [-0.15, -0.1) is 5.06 Å². The number of piperidine rings is 1. The van der Waals surface area contributed by atoms with Crippen LogP contribution in [0, 0.1) is 5.92 Å². The Labute approximate surface area is 201 Å². The van der Waals surface area contributed by atoms with Crippen molar-refractivity contribution in [3.05, 3.63) is 29.8 Å². The third-order valence-corrected chi connectivity index (χ3v) is 7.11. The van der Waals surface area contributed by atoms with Crippen molar-refractivity contribution in [1.82, 2.24) is 9.96 Å². The van der Waals surface area contributed by atoms with Crippen LogP contribution in [-0.4, -0.2) is 57.4 Å². The molecule has 1 aliphatic rings. The summed E-state index contributed by atoms with van der Waals surface area (Å²) in [5.41, 5.74) is 0.132. The number of hydrogen-bond acceptors (Lipinski definition) is 6. The molecule has 0 aromatic heterocycles. The molecule has 2 unspecified atom stereocenters. The number of benzene rings is 1. The first-order chi connectivity index (χ1) is 15.2. The van der Waals surface area contributed by atoms with Gasteiger partial charge in [-0.3, -0.25) is 4.90 Å². The molecule has 6 nitrogen and oxygen atoms in total. The minimum absolute atomic E-state index is 0.209. The highest BCUT2D eigenvalue weighted by molar-refractivity contribution is 5.74. The molecule has 1 aromatic rings. The van der Waals surface area contributed by atoms with Crippen LogP contribution < -0.4 is 4.74 Å². The molecule has 1 saturated heterocycles. The molecule has 6 heteroatoms. The minimum atomic E-state index is -1.01. The third kappa shape index (κ3) is 6.28. The maximum Gasteiger partial charge on any atom is 0.332 e. The van der Waals surface area contributed by atoms with Crippen molar-refractivity contribution in [3.63, 3.8) is 0 Å². The number of methoxy groups -OCH3 is 1. The largest absolute Gasteiger partial charge is 0.497 e. The molecule has 0 spiro atoms. The molecule has 0 saturated carbocycles. The highest BCUT2D eigenvalue weighted by atomic mass is 16.7. The zero-order chi connectivity index (χ0) is 25.1. The number of aliphatic hydroxyl groups excluding tert-OH is 1. The van der Waals surface area contributed by atoms with Crippen molar-refractivity contribution in [2.45, 2.75) is 117 Å². The van der Waals surface area contributed by atoms with Crippen LogP contribution in [0.3, 0.4) is 0 Å². The summed E-state index contributed by atoms with van der Waals surface area (Å²) in [5, 5.41) is 13.4. The summed E-state index contributed by atoms with van der Waals surface area (Å²) in [5.74, 6) is -0.433. The number of rotatable bonds is 9. The smallest absolute Gasteiger partial charge is 0.332 e. The Balaban J connectivity index is 2.45. The third-order valence-electron chi connectivity index (χ3n) is 7.11. The van der Waals surface area contributed by atoms with Gasteiger partial charge in [0.15, 0.2) is 0 Å². The molecule has 2 rings (SSSR count). The quantitative estimate of drug-likeness (QED) is 0.533. The van der Waals surface area contributed by atoms with Gasteiger partial charge in [0.1, 0.15) is 11.7 Å². The van der Waals surface area contributed by atoms with Crippen LogP contribution >= 0.6 is 0 Å². The van der Waals surface area contributed by atoms with E-state index in [1.54, 1.807) is 7.11 Å². The van der Waals surface area contributed by atoms with Gasteiger partial charge >= 0.3 is 5.97 Å². The lowest BCUT2D eigenvalue weighted by atomic mass is 9.82. The molecule has 1 N–H and O–H groups in total. The topological polar surface area (TPSA) is 62.2 Å². The molecule has 0 amide bonds. The lowest BCUT2D eigenvalue weighted by Gasteiger charge is -2.51. The highest BCUT2D eigenvalue weighted by Gasteiger charge is 2.47. The normalized spacial score (nSPS) is 21.2. The van der Waals surface area contributed by atoms with Crippen LogP contribution in [0.15, 0.2) is 24.3 Å². The number of hydroxylamine groups is 2. The van der Waals surface area contributed by atoms with Crippen molar-refractivity contribution in [2.24, 2.45) is 5.92 Å². The fraction of sp³-hybridized carbons (Fsp3) is 0.741. The van der Waals surface area contributed by atoms with Gasteiger partial charge in [0.05, 0.1) is 24.3 Å². The van der Waals surface area contributed by atoms with Crippen molar-refractivity contribution in [1.29, 1.82) is 0 Å². The van der Waals surface area contributed by atoms with Gasteiger partial charge in [0, 0.05) is 18.1 Å². The fourth-order valence-corrected chi connectivity index (χ4v) is 5.69. The zero-order valence-corrected chi connectivity index (χ0v) is 22.4. The van der Waals surface area contributed by atoms with Crippen LogP contribution in [0.25, 0.3) is 0 Å². The Kier molecular flexibility index (Phi) is 8.99. The van der Waals surface area contributed by atoms with Crippen molar-refractivity contribution >= 4 is 5.97 Å². The van der Waals surface area contributed by atoms with E-state index in [0.717, 1.165) is 19.3 Å². The number of carbonyl (C=O) groups excluding carboxylic acids is 1. The second kappa shape index (κ2) is 10.7. The lowest BCUT2D eigenvalue weighted by molar-refractivity contribution is -0.272. The molecule has 188 valence electrons. The van der Waals surface area contributed by atoms with Gasteiger partial charge < -0.3 is 14.7 Å². The molecule has 33 heavy (non-hydrogen) atoms. The van der Waals surface area contributed by atoms with E-state index in [0.29, 0.717) is 11.3 Å². The summed E-state index contributed by atoms with van der Waals surface area (Å²) in [6.07, 6.45) is 2.00. The predicted molar refractivity (Wildman–Crippen MR) is 133 cm³/mol. The minimum Gasteiger partial charge on any atom is -0.497 e. The Morgan fingerprint density at radius 3 is 1.88 bits per heavy atom. The van der Waals surface area contributed by atoms with Gasteiger partial charge in [-0.25, -0.2) is 4.79 Å². The second-order valence-corrected chi connectivity index (χ2v) is 11.3. The van der Waals surface area contributed by atoms with Crippen molar-refractivity contribution in [2.75, 3.05) is 7.11 Å². The molecular weight excluding hydrogens is 416 g/mol. The van der Waals surface area contributed by atoms with Crippen LogP contribution in [0.2, 0.25) is 0 Å². The van der Waals surface area contributed by atoms with Crippen LogP contribution in [0.5, 0.6) is 5.75 Å². The molecule has 1 aliphatic heterocycles. The van der Waals surface area contributed by atoms with Crippen molar-refractivity contribution < 1.29 is 19.5 Å². The van der Waals surface area contributed by atoms with Crippen molar-refractivity contribution in [3.8, 4) is 5.75 Å². The van der Waals surface area contributed by atoms with Crippen LogP contribution in [0.1, 0.15) is 93.2 Å². The SMILES string of the molecule is COc1ccc(C(O)[C@@H](C(=O)ON2C(C)(C)CCCC2(C)C)C(C)N(C(C)C)C(C)C)cc1. The molecule has 0 aliphatic carbocycles. The number of nitrogens with zero attached hydrogens (tertiary/aromatic N) is 2. The molecule has 1 heterocycles. The summed E-state index contributed by atoms with van der Waals surface area (Å²) in [7, 11) is 1.61. The molecular formula is C27H46N2O4. The lowest BCUT2D eigenvalue weighted by Crippen LogP contribution is -2.60. The monoisotopic (exact) mass is 462 g/mol. The number of hydrogen-bond donors (Lipinski definition) is 1. The highest BCUT2D eigenvalue weighted by Crippen LogP contribution is 2.40. The fourth-order valence-electron chi connectivity index (χ4n) is 5.69. The van der Waals surface area contributed by atoms with Gasteiger partial charge in [-0.1, -0.05) is 12.1 Å². The van der Waals surface area contributed by atoms with E-state index in [1.165, 1.54) is 0 Å². The maximum atomic E-state index is 13.8. The zero-order valence-electron chi connectivity index (χ0n) is 22.4. The van der Waals surface area contributed by atoms with Crippen LogP contribution in [0.4, 0.5) is 0 Å². The summed E-state index contributed by atoms with van der Waals surface area (Å²) in [6, 6.07) is 7.45. The van der Waals surface area contributed by atoms with E-state index in [1.807, 2.05) is 36.3 Å². The van der Waals surface area contributed by atoms with E-state index in [-0.39, 0.29) is 35.2 Å². The number of carbonyl (C=O) groups is 1.